The molecule has 0 bridgehead atoms. The lowest BCUT2D eigenvalue weighted by Gasteiger charge is -2.21. The number of hydrogen-bond donors (Lipinski definition) is 4. The molecule has 0 aromatic heterocycles. The molecule has 9 nitrogen and oxygen atoms in total. The van der Waals surface area contributed by atoms with Crippen LogP contribution in [0.25, 0.3) is 0 Å². The highest BCUT2D eigenvalue weighted by Crippen LogP contribution is 2.40. The molecule has 1 heterocycles. The van der Waals surface area contributed by atoms with Crippen molar-refractivity contribution in [2.75, 3.05) is 25.5 Å². The summed E-state index contributed by atoms with van der Waals surface area (Å²) in [6.45, 7) is 2.38. The normalized spacial score (nSPS) is 15.8. The average molecular weight is 444 g/mol. The van der Waals surface area contributed by atoms with Crippen LogP contribution >= 0.6 is 0 Å². The summed E-state index contributed by atoms with van der Waals surface area (Å²) in [7, 11) is 3.89. The predicted octanol–water partition coefficient (Wildman–Crippen LogP) is 2.03. The van der Waals surface area contributed by atoms with E-state index in [1.54, 1.807) is 12.1 Å². The van der Waals surface area contributed by atoms with Crippen molar-refractivity contribution in [3.05, 3.63) is 53.6 Å². The summed E-state index contributed by atoms with van der Waals surface area (Å²) in [6, 6.07) is 12.6. The minimum atomic E-state index is -2.77. The molecule has 3 rings (SSSR count). The lowest BCUT2D eigenvalue weighted by molar-refractivity contribution is -0.194. The number of fused-ring (bicyclic) bond motifs is 1. The highest BCUT2D eigenvalue weighted by atomic mass is 16.8. The number of aliphatic carboxylic acids is 2. The summed E-state index contributed by atoms with van der Waals surface area (Å²) in [5.41, 5.74) is 2.65. The van der Waals surface area contributed by atoms with E-state index in [2.05, 4.69) is 5.32 Å². The van der Waals surface area contributed by atoms with E-state index in [0.717, 1.165) is 23.2 Å². The third-order valence-electron chi connectivity index (χ3n) is 5.42. The second-order valence-corrected chi connectivity index (χ2v) is 7.93. The van der Waals surface area contributed by atoms with Crippen LogP contribution in [0.15, 0.2) is 42.5 Å². The van der Waals surface area contributed by atoms with Crippen molar-refractivity contribution >= 4 is 17.6 Å². The van der Waals surface area contributed by atoms with Gasteiger partial charge in [-0.2, -0.15) is 0 Å². The Hall–Kier alpha value is -3.30. The first kappa shape index (κ1) is 23.4. The van der Waals surface area contributed by atoms with Crippen molar-refractivity contribution in [3.63, 3.8) is 0 Å². The SMILES string of the molecule is CCC(Cc1ccc2c(c1)OC(C(=O)O)(C(=O)O)O2)NCC(O)c1cccc(N(C)C)c1. The molecule has 4 N–H and O–H groups in total. The molecule has 2 aromatic rings. The maximum absolute atomic E-state index is 11.4. The zero-order valence-corrected chi connectivity index (χ0v) is 18.2. The van der Waals surface area contributed by atoms with Gasteiger partial charge in [-0.25, -0.2) is 9.59 Å². The van der Waals surface area contributed by atoms with Gasteiger partial charge >= 0.3 is 17.7 Å². The molecule has 0 radical (unpaired) electrons. The number of carboxylic acids is 2. The molecule has 32 heavy (non-hydrogen) atoms. The van der Waals surface area contributed by atoms with Crippen LogP contribution in [-0.2, 0) is 16.0 Å². The lowest BCUT2D eigenvalue weighted by Crippen LogP contribution is -2.54. The van der Waals surface area contributed by atoms with Gasteiger partial charge in [-0.05, 0) is 48.2 Å². The van der Waals surface area contributed by atoms with Gasteiger partial charge in [0, 0.05) is 32.4 Å². The number of aliphatic hydroxyl groups excluding tert-OH is 1. The molecule has 0 amide bonds. The van der Waals surface area contributed by atoms with Crippen LogP contribution in [0.3, 0.4) is 0 Å². The smallest absolute Gasteiger partial charge is 0.453 e. The van der Waals surface area contributed by atoms with E-state index in [4.69, 9.17) is 9.47 Å². The van der Waals surface area contributed by atoms with Crippen molar-refractivity contribution in [1.29, 1.82) is 0 Å². The van der Waals surface area contributed by atoms with E-state index in [1.165, 1.54) is 6.07 Å². The van der Waals surface area contributed by atoms with Crippen molar-refractivity contribution in [3.8, 4) is 11.5 Å². The number of nitrogens with one attached hydrogen (secondary N) is 1. The minimum absolute atomic E-state index is 0.0331. The van der Waals surface area contributed by atoms with Gasteiger partial charge in [-0.1, -0.05) is 25.1 Å². The molecule has 1 aliphatic heterocycles. The molecule has 0 spiro atoms. The number of ether oxygens (including phenoxy) is 2. The van der Waals surface area contributed by atoms with Gasteiger partial charge in [0.05, 0.1) is 6.10 Å². The Balaban J connectivity index is 1.64. The van der Waals surface area contributed by atoms with E-state index in [9.17, 15) is 24.9 Å². The highest BCUT2D eigenvalue weighted by Gasteiger charge is 2.57. The number of aliphatic hydroxyl groups is 1. The fourth-order valence-electron chi connectivity index (χ4n) is 3.49. The van der Waals surface area contributed by atoms with E-state index in [-0.39, 0.29) is 17.5 Å². The summed E-state index contributed by atoms with van der Waals surface area (Å²) >= 11 is 0. The number of carbonyl (C=O) groups is 2. The lowest BCUT2D eigenvalue weighted by atomic mass is 10.0. The van der Waals surface area contributed by atoms with E-state index in [1.807, 2.05) is 50.2 Å². The van der Waals surface area contributed by atoms with Crippen LogP contribution in [0.4, 0.5) is 5.69 Å². The molecule has 2 atom stereocenters. The summed E-state index contributed by atoms with van der Waals surface area (Å²) in [5.74, 6) is -6.10. The molecule has 2 unspecified atom stereocenters. The number of benzene rings is 2. The first-order chi connectivity index (χ1) is 15.2. The number of hydrogen-bond acceptors (Lipinski definition) is 7. The fourth-order valence-corrected chi connectivity index (χ4v) is 3.49. The Morgan fingerprint density at radius 2 is 1.75 bits per heavy atom. The maximum atomic E-state index is 11.4. The van der Waals surface area contributed by atoms with E-state index in [0.29, 0.717) is 13.0 Å². The standard InChI is InChI=1S/C23H28N2O7/c1-4-16(24-13-18(26)15-6-5-7-17(12-15)25(2)3)10-14-8-9-19-20(11-14)32-23(31-19,21(27)28)22(29)30/h5-9,11-12,16,18,24,26H,4,10,13H2,1-3H3,(H,27,28)(H,29,30). The zero-order chi connectivity index (χ0) is 23.5. The van der Waals surface area contributed by atoms with Crippen LogP contribution < -0.4 is 19.7 Å². The number of carboxylic acid groups (broad SMARTS) is 2. The first-order valence-corrected chi connectivity index (χ1v) is 10.3. The summed E-state index contributed by atoms with van der Waals surface area (Å²) in [6.07, 6.45) is 0.685. The van der Waals surface area contributed by atoms with Gasteiger partial charge in [0.1, 0.15) is 0 Å². The Kier molecular flexibility index (Phi) is 6.90. The predicted molar refractivity (Wildman–Crippen MR) is 117 cm³/mol. The van der Waals surface area contributed by atoms with Crippen LogP contribution in [0.5, 0.6) is 11.5 Å². The van der Waals surface area contributed by atoms with Crippen molar-refractivity contribution in [1.82, 2.24) is 5.32 Å². The Labute approximate surface area is 186 Å². The van der Waals surface area contributed by atoms with Gasteiger partial charge in [0.25, 0.3) is 0 Å². The molecule has 0 fully saturated rings. The Morgan fingerprint density at radius 3 is 2.38 bits per heavy atom. The fraction of sp³-hybridized carbons (Fsp3) is 0.391. The molecular formula is C23H28N2O7. The van der Waals surface area contributed by atoms with Crippen LogP contribution in [0.1, 0.15) is 30.6 Å². The molecule has 0 saturated heterocycles. The Bertz CT molecular complexity index is 978. The van der Waals surface area contributed by atoms with Gasteiger partial charge in [-0.15, -0.1) is 0 Å². The molecule has 0 aliphatic carbocycles. The Morgan fingerprint density at radius 1 is 1.06 bits per heavy atom. The zero-order valence-electron chi connectivity index (χ0n) is 18.2. The maximum Gasteiger partial charge on any atom is 0.453 e. The molecular weight excluding hydrogens is 416 g/mol. The number of rotatable bonds is 10. The largest absolute Gasteiger partial charge is 0.475 e. The highest BCUT2D eigenvalue weighted by molar-refractivity contribution is 6.01. The van der Waals surface area contributed by atoms with Crippen molar-refractivity contribution < 1.29 is 34.4 Å². The first-order valence-electron chi connectivity index (χ1n) is 10.3. The van der Waals surface area contributed by atoms with E-state index >= 15 is 0 Å². The summed E-state index contributed by atoms with van der Waals surface area (Å²) in [4.78, 5) is 24.8. The second kappa shape index (κ2) is 9.46. The molecule has 172 valence electrons. The van der Waals surface area contributed by atoms with Gasteiger partial charge in [0.2, 0.25) is 0 Å². The summed E-state index contributed by atoms with van der Waals surface area (Å²) < 4.78 is 10.3. The van der Waals surface area contributed by atoms with Gasteiger partial charge in [0.15, 0.2) is 11.5 Å². The van der Waals surface area contributed by atoms with E-state index < -0.39 is 23.8 Å². The number of anilines is 1. The summed E-state index contributed by atoms with van der Waals surface area (Å²) in [5, 5.41) is 32.5. The molecule has 0 saturated carbocycles. The van der Waals surface area contributed by atoms with Gasteiger partial charge < -0.3 is 35.0 Å². The van der Waals surface area contributed by atoms with Crippen LogP contribution in [-0.4, -0.2) is 59.7 Å². The average Bonchev–Trinajstić information content (AvgIpc) is 3.17. The number of nitrogens with zero attached hydrogens (tertiary/aromatic N) is 1. The van der Waals surface area contributed by atoms with Crippen molar-refractivity contribution in [2.24, 2.45) is 0 Å². The third kappa shape index (κ3) is 4.79. The topological polar surface area (TPSA) is 129 Å². The quantitative estimate of drug-likeness (QED) is 0.407. The third-order valence-corrected chi connectivity index (χ3v) is 5.42. The minimum Gasteiger partial charge on any atom is -0.475 e. The van der Waals surface area contributed by atoms with Crippen LogP contribution in [0.2, 0.25) is 0 Å². The van der Waals surface area contributed by atoms with Crippen LogP contribution in [0, 0.1) is 0 Å². The monoisotopic (exact) mass is 444 g/mol. The van der Waals surface area contributed by atoms with Crippen molar-refractivity contribution in [2.45, 2.75) is 37.7 Å². The molecule has 9 heteroatoms. The molecule has 1 aliphatic rings. The van der Waals surface area contributed by atoms with Gasteiger partial charge in [-0.3, -0.25) is 0 Å². The molecule has 2 aromatic carbocycles. The second-order valence-electron chi connectivity index (χ2n) is 7.93.